The standard InChI is InChI=1S/C21H35BO4/c1-18(2,3)23-15-14-19(4,5)24-17-12-10-16(11-13-17)22-25-20(6,7)21(8,9)26-22/h10-13H,14-15H2,1-9H3. The third-order valence-electron chi connectivity index (χ3n) is 5.04. The van der Waals surface area contributed by atoms with Gasteiger partial charge < -0.3 is 18.8 Å². The van der Waals surface area contributed by atoms with E-state index in [2.05, 4.69) is 62.3 Å². The molecule has 1 aromatic carbocycles. The van der Waals surface area contributed by atoms with Crippen molar-refractivity contribution in [1.82, 2.24) is 0 Å². The zero-order valence-corrected chi connectivity index (χ0v) is 17.9. The predicted molar refractivity (Wildman–Crippen MR) is 107 cm³/mol. The molecular weight excluding hydrogens is 327 g/mol. The van der Waals surface area contributed by atoms with E-state index in [4.69, 9.17) is 18.8 Å². The Labute approximate surface area is 159 Å². The maximum Gasteiger partial charge on any atom is 0.494 e. The van der Waals surface area contributed by atoms with Crippen LogP contribution in [0.2, 0.25) is 0 Å². The summed E-state index contributed by atoms with van der Waals surface area (Å²) in [5.41, 5.74) is -0.0774. The van der Waals surface area contributed by atoms with E-state index in [1.54, 1.807) is 0 Å². The fraction of sp³-hybridized carbons (Fsp3) is 0.714. The summed E-state index contributed by atoms with van der Waals surface area (Å²) in [4.78, 5) is 0. The molecule has 0 spiro atoms. The highest BCUT2D eigenvalue weighted by molar-refractivity contribution is 6.62. The van der Waals surface area contributed by atoms with Crippen LogP contribution in [0.1, 0.15) is 68.7 Å². The van der Waals surface area contributed by atoms with E-state index in [0.29, 0.717) is 6.61 Å². The van der Waals surface area contributed by atoms with Crippen LogP contribution >= 0.6 is 0 Å². The molecule has 0 N–H and O–H groups in total. The van der Waals surface area contributed by atoms with Crippen LogP contribution in [0.5, 0.6) is 5.75 Å². The Kier molecular flexibility index (Phi) is 5.87. The van der Waals surface area contributed by atoms with Crippen molar-refractivity contribution < 1.29 is 18.8 Å². The average Bonchev–Trinajstić information content (AvgIpc) is 2.66. The first kappa shape index (κ1) is 21.3. The second kappa shape index (κ2) is 7.18. The highest BCUT2D eigenvalue weighted by atomic mass is 16.7. The van der Waals surface area contributed by atoms with Gasteiger partial charge in [-0.3, -0.25) is 0 Å². The minimum Gasteiger partial charge on any atom is -0.488 e. The first-order valence-corrected chi connectivity index (χ1v) is 9.49. The quantitative estimate of drug-likeness (QED) is 0.705. The van der Waals surface area contributed by atoms with Gasteiger partial charge in [0.1, 0.15) is 11.4 Å². The van der Waals surface area contributed by atoms with Crippen molar-refractivity contribution in [2.24, 2.45) is 0 Å². The molecule has 0 aromatic heterocycles. The molecule has 0 unspecified atom stereocenters. The first-order valence-electron chi connectivity index (χ1n) is 9.49. The van der Waals surface area contributed by atoms with Crippen molar-refractivity contribution in [3.63, 3.8) is 0 Å². The molecule has 1 fully saturated rings. The van der Waals surface area contributed by atoms with E-state index < -0.39 is 0 Å². The van der Waals surface area contributed by atoms with Gasteiger partial charge in [-0.25, -0.2) is 0 Å². The molecule has 0 atom stereocenters. The van der Waals surface area contributed by atoms with Crippen LogP contribution in [0.15, 0.2) is 24.3 Å². The van der Waals surface area contributed by atoms with E-state index in [1.165, 1.54) is 0 Å². The zero-order valence-electron chi connectivity index (χ0n) is 17.9. The second-order valence-corrected chi connectivity index (χ2v) is 9.73. The monoisotopic (exact) mass is 362 g/mol. The smallest absolute Gasteiger partial charge is 0.488 e. The van der Waals surface area contributed by atoms with Crippen molar-refractivity contribution in [2.45, 2.75) is 91.1 Å². The van der Waals surface area contributed by atoms with E-state index in [9.17, 15) is 0 Å². The lowest BCUT2D eigenvalue weighted by Crippen LogP contribution is -2.41. The Morgan fingerprint density at radius 1 is 0.885 bits per heavy atom. The number of hydrogen-bond acceptors (Lipinski definition) is 4. The van der Waals surface area contributed by atoms with Gasteiger partial charge in [0.15, 0.2) is 0 Å². The predicted octanol–water partition coefficient (Wildman–Crippen LogP) is 4.35. The lowest BCUT2D eigenvalue weighted by atomic mass is 9.79. The molecule has 1 saturated heterocycles. The Balaban J connectivity index is 1.95. The molecule has 4 nitrogen and oxygen atoms in total. The Morgan fingerprint density at radius 2 is 1.38 bits per heavy atom. The molecule has 5 heteroatoms. The third kappa shape index (κ3) is 5.48. The highest BCUT2D eigenvalue weighted by Gasteiger charge is 2.51. The zero-order chi connectivity index (χ0) is 19.8. The van der Waals surface area contributed by atoms with E-state index >= 15 is 0 Å². The van der Waals surface area contributed by atoms with Gasteiger partial charge in [-0.1, -0.05) is 12.1 Å². The van der Waals surface area contributed by atoms with E-state index in [1.807, 2.05) is 24.3 Å². The minimum atomic E-state index is -0.345. The fourth-order valence-electron chi connectivity index (χ4n) is 2.65. The lowest BCUT2D eigenvalue weighted by molar-refractivity contribution is -0.0292. The summed E-state index contributed by atoms with van der Waals surface area (Å²) in [6.07, 6.45) is 0.823. The van der Waals surface area contributed by atoms with Gasteiger partial charge >= 0.3 is 7.12 Å². The molecule has 1 heterocycles. The lowest BCUT2D eigenvalue weighted by Gasteiger charge is -2.32. The van der Waals surface area contributed by atoms with Crippen molar-refractivity contribution in [3.8, 4) is 5.75 Å². The topological polar surface area (TPSA) is 36.9 Å². The molecule has 2 rings (SSSR count). The van der Waals surface area contributed by atoms with Crippen molar-refractivity contribution in [3.05, 3.63) is 24.3 Å². The number of ether oxygens (including phenoxy) is 2. The SMILES string of the molecule is CC(C)(C)OCCC(C)(C)Oc1ccc(B2OC(C)(C)C(C)(C)O2)cc1. The van der Waals surface area contributed by atoms with Gasteiger partial charge in [-0.2, -0.15) is 0 Å². The van der Waals surface area contributed by atoms with Gasteiger partial charge in [0.25, 0.3) is 0 Å². The van der Waals surface area contributed by atoms with Crippen LogP contribution in [0.25, 0.3) is 0 Å². The summed E-state index contributed by atoms with van der Waals surface area (Å²) >= 11 is 0. The Bertz CT molecular complexity index is 583. The molecule has 1 aliphatic heterocycles. The summed E-state index contributed by atoms with van der Waals surface area (Å²) < 4.78 is 24.2. The van der Waals surface area contributed by atoms with Gasteiger partial charge in [0.05, 0.1) is 23.4 Å². The molecular formula is C21H35BO4. The van der Waals surface area contributed by atoms with Crippen molar-refractivity contribution in [1.29, 1.82) is 0 Å². The van der Waals surface area contributed by atoms with Gasteiger partial charge in [0.2, 0.25) is 0 Å². The maximum absolute atomic E-state index is 6.15. The minimum absolute atomic E-state index is 0.124. The molecule has 0 aliphatic carbocycles. The molecule has 146 valence electrons. The molecule has 1 aromatic rings. The summed E-state index contributed by atoms with van der Waals surface area (Å²) in [6.45, 7) is 19.3. The summed E-state index contributed by atoms with van der Waals surface area (Å²) in [5, 5.41) is 0. The van der Waals surface area contributed by atoms with Crippen LogP contribution in [0.4, 0.5) is 0 Å². The fourth-order valence-corrected chi connectivity index (χ4v) is 2.65. The second-order valence-electron chi connectivity index (χ2n) is 9.73. The largest absolute Gasteiger partial charge is 0.494 e. The third-order valence-corrected chi connectivity index (χ3v) is 5.04. The molecule has 26 heavy (non-hydrogen) atoms. The van der Waals surface area contributed by atoms with Crippen LogP contribution in [0, 0.1) is 0 Å². The average molecular weight is 362 g/mol. The summed E-state index contributed by atoms with van der Waals surface area (Å²) in [6, 6.07) is 7.98. The first-order chi connectivity index (χ1) is 11.7. The molecule has 1 aliphatic rings. The van der Waals surface area contributed by atoms with Gasteiger partial charge in [-0.15, -0.1) is 0 Å². The number of hydrogen-bond donors (Lipinski definition) is 0. The van der Waals surface area contributed by atoms with E-state index in [0.717, 1.165) is 17.6 Å². The molecule has 0 bridgehead atoms. The van der Waals surface area contributed by atoms with Gasteiger partial charge in [-0.05, 0) is 79.9 Å². The maximum atomic E-state index is 6.15. The van der Waals surface area contributed by atoms with Crippen molar-refractivity contribution >= 4 is 12.6 Å². The molecule has 0 amide bonds. The summed E-state index contributed by atoms with van der Waals surface area (Å²) in [7, 11) is -0.345. The number of benzene rings is 1. The molecule has 0 saturated carbocycles. The Hall–Kier alpha value is -1.04. The Morgan fingerprint density at radius 3 is 1.85 bits per heavy atom. The summed E-state index contributed by atoms with van der Waals surface area (Å²) in [5.74, 6) is 0.839. The van der Waals surface area contributed by atoms with Crippen molar-refractivity contribution in [2.75, 3.05) is 6.61 Å². The van der Waals surface area contributed by atoms with Crippen LogP contribution in [-0.2, 0) is 14.0 Å². The van der Waals surface area contributed by atoms with Crippen LogP contribution in [0.3, 0.4) is 0 Å². The van der Waals surface area contributed by atoms with Gasteiger partial charge in [0, 0.05) is 6.42 Å². The number of rotatable bonds is 6. The molecule has 0 radical (unpaired) electrons. The van der Waals surface area contributed by atoms with Crippen LogP contribution < -0.4 is 10.2 Å². The normalized spacial score (nSPS) is 19.7. The van der Waals surface area contributed by atoms with E-state index in [-0.39, 0.29) is 29.5 Å². The van der Waals surface area contributed by atoms with Crippen LogP contribution in [-0.4, -0.2) is 36.1 Å². The highest BCUT2D eigenvalue weighted by Crippen LogP contribution is 2.36.